The zero-order valence-corrected chi connectivity index (χ0v) is 19.0. The first-order valence-electron chi connectivity index (χ1n) is 10.8. The predicted molar refractivity (Wildman–Crippen MR) is 123 cm³/mol. The lowest BCUT2D eigenvalue weighted by Gasteiger charge is -2.30. The molecule has 3 aromatic rings. The normalized spacial score (nSPS) is 14.6. The second-order valence-corrected chi connectivity index (χ2v) is 8.84. The Bertz CT molecular complexity index is 1190. The maximum atomic E-state index is 14.6. The molecule has 0 spiro atoms. The van der Waals surface area contributed by atoms with Crippen LogP contribution in [0.5, 0.6) is 0 Å². The van der Waals surface area contributed by atoms with E-state index in [2.05, 4.69) is 9.69 Å². The number of hydrogen-bond acceptors (Lipinski definition) is 7. The van der Waals surface area contributed by atoms with E-state index in [4.69, 9.17) is 15.9 Å². The number of nitrogen functional groups attached to an aromatic ring is 1. The van der Waals surface area contributed by atoms with E-state index in [1.807, 2.05) is 0 Å². The van der Waals surface area contributed by atoms with Gasteiger partial charge in [0.25, 0.3) is 17.7 Å². The molecule has 0 radical (unpaired) electrons. The quantitative estimate of drug-likeness (QED) is 0.447. The van der Waals surface area contributed by atoms with Gasteiger partial charge in [-0.05, 0) is 42.6 Å². The average molecular weight is 486 g/mol. The Kier molecular flexibility index (Phi) is 6.92. The third-order valence-corrected chi connectivity index (χ3v) is 6.64. The molecule has 4 rings (SSSR count). The number of primary amides is 1. The summed E-state index contributed by atoms with van der Waals surface area (Å²) in [6.45, 7) is -0.252. The molecule has 5 N–H and O–H groups in total. The van der Waals surface area contributed by atoms with Gasteiger partial charge in [0.1, 0.15) is 16.5 Å². The van der Waals surface area contributed by atoms with Gasteiger partial charge in [0, 0.05) is 11.6 Å². The largest absolute Gasteiger partial charge is 0.467 e. The van der Waals surface area contributed by atoms with E-state index in [1.54, 1.807) is 18.2 Å². The molecule has 2 heterocycles. The summed E-state index contributed by atoms with van der Waals surface area (Å²) < 4.78 is 24.0. The number of benzene rings is 1. The first-order chi connectivity index (χ1) is 16.4. The summed E-state index contributed by atoms with van der Waals surface area (Å²) in [7, 11) is 0. The van der Waals surface area contributed by atoms with Gasteiger partial charge in [-0.15, -0.1) is 0 Å². The fourth-order valence-corrected chi connectivity index (χ4v) is 4.83. The first kappa shape index (κ1) is 23.4. The molecule has 34 heavy (non-hydrogen) atoms. The number of nitrogens with zero attached hydrogens (tertiary/aromatic N) is 2. The monoisotopic (exact) mass is 485 g/mol. The SMILES string of the molecule is NC(=O)c1nsc(C(=O)N(Cc2ccccc2F)[C@@H](C(=O)NC2CCCC2)c2ccco2)c1N. The predicted octanol–water partition coefficient (Wildman–Crippen LogP) is 3.00. The molecule has 178 valence electrons. The van der Waals surface area contributed by atoms with E-state index < -0.39 is 29.6 Å². The molecule has 1 aromatic carbocycles. The number of nitrogens with one attached hydrogen (secondary N) is 1. The van der Waals surface area contributed by atoms with Crippen molar-refractivity contribution in [1.82, 2.24) is 14.6 Å². The molecule has 0 bridgehead atoms. The molecule has 0 aliphatic heterocycles. The molecule has 1 aliphatic carbocycles. The Labute approximate surface area is 199 Å². The summed E-state index contributed by atoms with van der Waals surface area (Å²) in [6.07, 6.45) is 5.07. The number of carbonyl (C=O) groups is 3. The maximum Gasteiger partial charge on any atom is 0.270 e. The van der Waals surface area contributed by atoms with Gasteiger partial charge in [0.05, 0.1) is 18.5 Å². The van der Waals surface area contributed by atoms with Crippen molar-refractivity contribution in [3.63, 3.8) is 0 Å². The van der Waals surface area contributed by atoms with Gasteiger partial charge in [-0.1, -0.05) is 31.0 Å². The van der Waals surface area contributed by atoms with Crippen LogP contribution < -0.4 is 16.8 Å². The van der Waals surface area contributed by atoms with Crippen LogP contribution in [-0.4, -0.2) is 33.0 Å². The molecule has 3 amide bonds. The number of hydrogen-bond donors (Lipinski definition) is 3. The van der Waals surface area contributed by atoms with Gasteiger partial charge in [-0.25, -0.2) is 4.39 Å². The second-order valence-electron chi connectivity index (χ2n) is 8.07. The van der Waals surface area contributed by atoms with E-state index in [-0.39, 0.29) is 40.2 Å². The van der Waals surface area contributed by atoms with Gasteiger partial charge in [0.15, 0.2) is 11.7 Å². The van der Waals surface area contributed by atoms with Gasteiger partial charge in [-0.3, -0.25) is 14.4 Å². The molecule has 0 saturated heterocycles. The van der Waals surface area contributed by atoms with E-state index in [0.717, 1.165) is 25.7 Å². The maximum absolute atomic E-state index is 14.6. The van der Waals surface area contributed by atoms with Crippen LogP contribution in [0.25, 0.3) is 0 Å². The van der Waals surface area contributed by atoms with Crippen molar-refractivity contribution < 1.29 is 23.2 Å². The molecular weight excluding hydrogens is 461 g/mol. The number of rotatable bonds is 8. The number of aromatic nitrogens is 1. The van der Waals surface area contributed by atoms with Crippen molar-refractivity contribution in [2.24, 2.45) is 5.73 Å². The number of furan rings is 1. The van der Waals surface area contributed by atoms with Gasteiger partial charge < -0.3 is 26.1 Å². The highest BCUT2D eigenvalue weighted by molar-refractivity contribution is 7.09. The van der Waals surface area contributed by atoms with Crippen LogP contribution in [0.4, 0.5) is 10.1 Å². The van der Waals surface area contributed by atoms with Crippen molar-refractivity contribution in [1.29, 1.82) is 0 Å². The van der Waals surface area contributed by atoms with E-state index in [0.29, 0.717) is 11.5 Å². The van der Waals surface area contributed by atoms with E-state index in [9.17, 15) is 18.8 Å². The molecule has 9 nitrogen and oxygen atoms in total. The minimum atomic E-state index is -1.21. The van der Waals surface area contributed by atoms with Crippen molar-refractivity contribution >= 4 is 34.9 Å². The van der Waals surface area contributed by atoms with Crippen LogP contribution in [0, 0.1) is 5.82 Å². The smallest absolute Gasteiger partial charge is 0.270 e. The first-order valence-corrected chi connectivity index (χ1v) is 11.6. The number of nitrogens with two attached hydrogens (primary N) is 2. The fourth-order valence-electron chi connectivity index (χ4n) is 4.07. The summed E-state index contributed by atoms with van der Waals surface area (Å²) in [5.74, 6) is -2.36. The third-order valence-electron chi connectivity index (χ3n) is 5.79. The number of halogens is 1. The summed E-state index contributed by atoms with van der Waals surface area (Å²) in [5.41, 5.74) is 11.1. The Morgan fingerprint density at radius 2 is 1.94 bits per heavy atom. The molecule has 2 aromatic heterocycles. The molecule has 1 saturated carbocycles. The van der Waals surface area contributed by atoms with Crippen molar-refractivity contribution in [2.75, 3.05) is 5.73 Å². The van der Waals surface area contributed by atoms with Crippen molar-refractivity contribution in [3.8, 4) is 0 Å². The van der Waals surface area contributed by atoms with E-state index in [1.165, 1.54) is 29.4 Å². The van der Waals surface area contributed by atoms with Crippen LogP contribution in [0.1, 0.15) is 63.2 Å². The van der Waals surface area contributed by atoms with Gasteiger partial charge >= 0.3 is 0 Å². The minimum Gasteiger partial charge on any atom is -0.467 e. The summed E-state index contributed by atoms with van der Waals surface area (Å²) in [5, 5.41) is 2.99. The molecular formula is C23H24FN5O4S. The zero-order valence-electron chi connectivity index (χ0n) is 18.2. The highest BCUT2D eigenvalue weighted by atomic mass is 32.1. The lowest BCUT2D eigenvalue weighted by atomic mass is 10.1. The standard InChI is InChI=1S/C23H24FN5O4S/c24-15-9-4-1-6-13(15)12-29(23(32)20-17(25)18(21(26)30)28-34-20)19(16-10-5-11-33-16)22(31)27-14-7-2-3-8-14/h1,4-6,9-11,14,19H,2-3,7-8,12,25H2,(H2,26,30)(H,27,31)/t19-/m1/s1. The molecule has 1 aliphatic rings. The van der Waals surface area contributed by atoms with E-state index >= 15 is 0 Å². The second kappa shape index (κ2) is 10.0. The van der Waals surface area contributed by atoms with Crippen molar-refractivity contribution in [2.45, 2.75) is 44.3 Å². The average Bonchev–Trinajstić information content (AvgIpc) is 3.57. The molecule has 0 unspecified atom stereocenters. The zero-order chi connectivity index (χ0) is 24.2. The summed E-state index contributed by atoms with van der Waals surface area (Å²) in [4.78, 5) is 39.9. The van der Waals surface area contributed by atoms with Crippen LogP contribution in [0.2, 0.25) is 0 Å². The Morgan fingerprint density at radius 1 is 1.21 bits per heavy atom. The van der Waals surface area contributed by atoms with Gasteiger partial charge in [-0.2, -0.15) is 4.37 Å². The van der Waals surface area contributed by atoms with Gasteiger partial charge in [0.2, 0.25) is 0 Å². The van der Waals surface area contributed by atoms with Crippen LogP contribution >= 0.6 is 11.5 Å². The van der Waals surface area contributed by atoms with Crippen LogP contribution in [0.15, 0.2) is 47.1 Å². The van der Waals surface area contributed by atoms with Crippen LogP contribution in [-0.2, 0) is 11.3 Å². The molecule has 11 heteroatoms. The summed E-state index contributed by atoms with van der Waals surface area (Å²) in [6, 6.07) is 7.90. The Hall–Kier alpha value is -3.73. The van der Waals surface area contributed by atoms with Crippen molar-refractivity contribution in [3.05, 3.63) is 70.4 Å². The molecule has 1 atom stereocenters. The highest BCUT2D eigenvalue weighted by Crippen LogP contribution is 2.31. The lowest BCUT2D eigenvalue weighted by Crippen LogP contribution is -2.45. The fraction of sp³-hybridized carbons (Fsp3) is 0.304. The molecule has 1 fully saturated rings. The number of carbonyl (C=O) groups excluding carboxylic acids is 3. The third kappa shape index (κ3) is 4.79. The Balaban J connectivity index is 1.77. The topological polar surface area (TPSA) is 145 Å². The number of anilines is 1. The summed E-state index contributed by atoms with van der Waals surface area (Å²) >= 11 is 0.692. The minimum absolute atomic E-state index is 0.0229. The van der Waals surface area contributed by atoms with Crippen LogP contribution in [0.3, 0.4) is 0 Å². The number of amides is 3. The highest BCUT2D eigenvalue weighted by Gasteiger charge is 2.37. The lowest BCUT2D eigenvalue weighted by molar-refractivity contribution is -0.127. The Morgan fingerprint density at radius 3 is 2.56 bits per heavy atom.